The van der Waals surface area contributed by atoms with Gasteiger partial charge in [-0.15, -0.1) is 11.3 Å². The molecule has 2 aliphatic heterocycles. The molecule has 0 spiro atoms. The molecule has 4 rings (SSSR count). The van der Waals surface area contributed by atoms with Crippen LogP contribution in [0.5, 0.6) is 0 Å². The highest BCUT2D eigenvalue weighted by Crippen LogP contribution is 2.40. The maximum Gasteiger partial charge on any atom is 0.430 e. The Balaban J connectivity index is 1.52. The van der Waals surface area contributed by atoms with Crippen molar-refractivity contribution in [3.63, 3.8) is 0 Å². The van der Waals surface area contributed by atoms with Gasteiger partial charge in [0, 0.05) is 28.8 Å². The van der Waals surface area contributed by atoms with E-state index in [-0.39, 0.29) is 31.3 Å². The molecule has 0 radical (unpaired) electrons. The first kappa shape index (κ1) is 26.8. The zero-order valence-electron chi connectivity index (χ0n) is 20.4. The third-order valence-corrected chi connectivity index (χ3v) is 7.73. The predicted molar refractivity (Wildman–Crippen MR) is 127 cm³/mol. The average molecular weight is 538 g/mol. The Morgan fingerprint density at radius 3 is 2.32 bits per heavy atom. The van der Waals surface area contributed by atoms with Gasteiger partial charge in [0.15, 0.2) is 0 Å². The number of hydrogen-bond acceptors (Lipinski definition) is 6. The summed E-state index contributed by atoms with van der Waals surface area (Å²) in [6.45, 7) is 5.32. The van der Waals surface area contributed by atoms with E-state index >= 15 is 0 Å². The van der Waals surface area contributed by atoms with Gasteiger partial charge in [-0.05, 0) is 23.0 Å². The lowest BCUT2D eigenvalue weighted by atomic mass is 9.84. The first-order valence-corrected chi connectivity index (χ1v) is 12.4. The van der Waals surface area contributed by atoms with Crippen LogP contribution in [0.1, 0.15) is 65.5 Å². The molecule has 1 fully saturated rings. The van der Waals surface area contributed by atoms with Gasteiger partial charge in [-0.3, -0.25) is 24.5 Å². The van der Waals surface area contributed by atoms with Crippen molar-refractivity contribution in [3.8, 4) is 0 Å². The number of thiophene rings is 1. The van der Waals surface area contributed by atoms with Gasteiger partial charge in [-0.25, -0.2) is 0 Å². The summed E-state index contributed by atoms with van der Waals surface area (Å²) < 4.78 is 42.0. The van der Waals surface area contributed by atoms with Crippen LogP contribution in [0.3, 0.4) is 0 Å². The second-order valence-electron chi connectivity index (χ2n) is 10.2. The Kier molecular flexibility index (Phi) is 6.70. The molecular formula is C25H26F3N3O5S. The molecule has 12 heteroatoms. The van der Waals surface area contributed by atoms with Crippen LogP contribution in [0.15, 0.2) is 29.6 Å². The molecule has 1 saturated heterocycles. The van der Waals surface area contributed by atoms with Crippen LogP contribution in [0, 0.1) is 0 Å². The Morgan fingerprint density at radius 2 is 1.76 bits per heavy atom. The van der Waals surface area contributed by atoms with Gasteiger partial charge in [0.25, 0.3) is 17.4 Å². The van der Waals surface area contributed by atoms with E-state index in [2.05, 4.69) is 10.6 Å². The molecular weight excluding hydrogens is 511 g/mol. The summed E-state index contributed by atoms with van der Waals surface area (Å²) in [5.41, 5.74) is -3.21. The predicted octanol–water partition coefficient (Wildman–Crippen LogP) is 2.87. The fourth-order valence-electron chi connectivity index (χ4n) is 4.48. The first-order chi connectivity index (χ1) is 17.1. The highest BCUT2D eigenvalue weighted by Gasteiger charge is 2.60. The molecule has 2 aromatic rings. The van der Waals surface area contributed by atoms with Gasteiger partial charge >= 0.3 is 6.18 Å². The van der Waals surface area contributed by atoms with E-state index in [0.717, 1.165) is 29.0 Å². The van der Waals surface area contributed by atoms with Crippen LogP contribution in [0.4, 0.5) is 13.2 Å². The molecule has 2 aliphatic rings. The summed E-state index contributed by atoms with van der Waals surface area (Å²) in [6, 6.07) is 4.23. The van der Waals surface area contributed by atoms with Crippen molar-refractivity contribution in [2.75, 3.05) is 0 Å². The minimum absolute atomic E-state index is 0.0208. The topological polar surface area (TPSA) is 116 Å². The second-order valence-corrected chi connectivity index (χ2v) is 11.1. The monoisotopic (exact) mass is 537 g/mol. The fourth-order valence-corrected chi connectivity index (χ4v) is 5.45. The fraction of sp³-hybridized carbons (Fsp3) is 0.440. The van der Waals surface area contributed by atoms with Crippen molar-refractivity contribution in [1.82, 2.24) is 15.5 Å². The molecule has 198 valence electrons. The normalized spacial score (nSPS) is 19.9. The van der Waals surface area contributed by atoms with E-state index < -0.39 is 47.0 Å². The maximum atomic E-state index is 14.0. The Hall–Kier alpha value is -3.25. The van der Waals surface area contributed by atoms with Gasteiger partial charge in [0.1, 0.15) is 6.04 Å². The van der Waals surface area contributed by atoms with Gasteiger partial charge in [-0.2, -0.15) is 13.2 Å². The summed E-state index contributed by atoms with van der Waals surface area (Å²) in [6.07, 6.45) is -5.04. The van der Waals surface area contributed by atoms with Crippen molar-refractivity contribution in [1.29, 1.82) is 0 Å². The average Bonchev–Trinajstić information content (AvgIpc) is 3.35. The first-order valence-electron chi connectivity index (χ1n) is 11.6. The maximum absolute atomic E-state index is 14.0. The van der Waals surface area contributed by atoms with Crippen LogP contribution < -0.4 is 10.6 Å². The second kappa shape index (κ2) is 9.25. The summed E-state index contributed by atoms with van der Waals surface area (Å²) in [7, 11) is 0. The van der Waals surface area contributed by atoms with Gasteiger partial charge in [-0.1, -0.05) is 45.0 Å². The van der Waals surface area contributed by atoms with E-state index in [1.807, 2.05) is 20.8 Å². The van der Waals surface area contributed by atoms with Gasteiger partial charge in [0.05, 0.1) is 12.1 Å². The van der Waals surface area contributed by atoms with Crippen LogP contribution in [0.25, 0.3) is 0 Å². The number of amides is 4. The third kappa shape index (κ3) is 4.75. The summed E-state index contributed by atoms with van der Waals surface area (Å²) in [4.78, 5) is 51.0. The highest BCUT2D eigenvalue weighted by molar-refractivity contribution is 7.10. The van der Waals surface area contributed by atoms with E-state index in [1.54, 1.807) is 0 Å². The van der Waals surface area contributed by atoms with Gasteiger partial charge in [0.2, 0.25) is 11.8 Å². The number of fused-ring (bicyclic) bond motifs is 1. The van der Waals surface area contributed by atoms with Gasteiger partial charge < -0.3 is 15.3 Å². The lowest BCUT2D eigenvalue weighted by Gasteiger charge is -2.30. The van der Waals surface area contributed by atoms with Crippen molar-refractivity contribution in [3.05, 3.63) is 56.8 Å². The van der Waals surface area contributed by atoms with E-state index in [9.17, 15) is 37.5 Å². The number of nitrogens with one attached hydrogen (secondary N) is 2. The molecule has 1 aromatic heterocycles. The minimum atomic E-state index is -5.30. The Bertz CT molecular complexity index is 1270. The van der Waals surface area contributed by atoms with E-state index in [1.165, 1.54) is 22.4 Å². The molecule has 0 saturated carbocycles. The molecule has 0 aliphatic carbocycles. The number of nitrogens with zero attached hydrogens (tertiary/aromatic N) is 1. The number of imide groups is 1. The van der Waals surface area contributed by atoms with Crippen molar-refractivity contribution >= 4 is 35.0 Å². The molecule has 4 amide bonds. The van der Waals surface area contributed by atoms with E-state index in [0.29, 0.717) is 16.0 Å². The zero-order chi connectivity index (χ0) is 27.3. The number of benzene rings is 1. The lowest BCUT2D eigenvalue weighted by Crippen LogP contribution is -2.54. The number of carbonyl (C=O) groups excluding carboxylic acids is 4. The molecule has 1 aromatic carbocycles. The number of piperidine rings is 1. The molecule has 3 N–H and O–H groups in total. The molecule has 37 heavy (non-hydrogen) atoms. The molecule has 2 unspecified atom stereocenters. The highest BCUT2D eigenvalue weighted by atomic mass is 32.1. The lowest BCUT2D eigenvalue weighted by molar-refractivity contribution is -0.257. The Morgan fingerprint density at radius 1 is 1.14 bits per heavy atom. The number of rotatable bonds is 5. The summed E-state index contributed by atoms with van der Waals surface area (Å²) in [5, 5.41) is 16.5. The molecule has 3 heterocycles. The zero-order valence-corrected chi connectivity index (χ0v) is 21.2. The largest absolute Gasteiger partial charge is 0.430 e. The SMILES string of the molecule is CC(C)(C)c1ccc(C(O)(C(=O)NCc2scc3c2CN(C2CCC(=O)NC2=O)C3=O)C(F)(F)F)cc1. The van der Waals surface area contributed by atoms with Crippen LogP contribution in [0.2, 0.25) is 0 Å². The smallest absolute Gasteiger partial charge is 0.369 e. The minimum Gasteiger partial charge on any atom is -0.369 e. The quantitative estimate of drug-likeness (QED) is 0.508. The van der Waals surface area contributed by atoms with Crippen LogP contribution in [-0.4, -0.2) is 45.9 Å². The number of hydrogen-bond donors (Lipinski definition) is 3. The number of halogens is 3. The van der Waals surface area contributed by atoms with Crippen LogP contribution in [-0.2, 0) is 38.5 Å². The van der Waals surface area contributed by atoms with E-state index in [4.69, 9.17) is 0 Å². The summed E-state index contributed by atoms with van der Waals surface area (Å²) >= 11 is 1.09. The van der Waals surface area contributed by atoms with Crippen molar-refractivity contribution in [2.45, 2.75) is 69.9 Å². The number of carbonyl (C=O) groups is 4. The Labute approximate surface area is 214 Å². The summed E-state index contributed by atoms with van der Waals surface area (Å²) in [5.74, 6) is -3.07. The van der Waals surface area contributed by atoms with Crippen molar-refractivity contribution < 1.29 is 37.5 Å². The number of aliphatic hydroxyl groups is 1. The van der Waals surface area contributed by atoms with Crippen molar-refractivity contribution in [2.24, 2.45) is 0 Å². The standard InChI is InChI=1S/C25H26F3N3O5S/c1-23(2,3)13-4-6-14(7-5-13)24(36,25(26,27)28)22(35)29-10-18-15-11-31(21(34)16(15)12-37-18)17-8-9-19(32)30-20(17)33/h4-7,12,17,36H,8-11H2,1-3H3,(H,29,35)(H,30,32,33). The molecule has 8 nitrogen and oxygen atoms in total. The molecule has 2 atom stereocenters. The molecule has 0 bridgehead atoms. The number of alkyl halides is 3. The van der Waals surface area contributed by atoms with Crippen LogP contribution >= 0.6 is 11.3 Å². The third-order valence-electron chi connectivity index (χ3n) is 6.70.